The minimum atomic E-state index is 0.0247. The van der Waals surface area contributed by atoms with Crippen molar-refractivity contribution in [2.45, 2.75) is 27.3 Å². The summed E-state index contributed by atoms with van der Waals surface area (Å²) >= 11 is 0. The number of nitrogens with zero attached hydrogens (tertiary/aromatic N) is 6. The van der Waals surface area contributed by atoms with Crippen molar-refractivity contribution in [3.8, 4) is 5.82 Å². The van der Waals surface area contributed by atoms with Gasteiger partial charge in [-0.1, -0.05) is 11.2 Å². The third kappa shape index (κ3) is 3.43. The second-order valence-corrected chi connectivity index (χ2v) is 7.11. The van der Waals surface area contributed by atoms with Gasteiger partial charge in [-0.3, -0.25) is 9.69 Å². The van der Waals surface area contributed by atoms with Gasteiger partial charge in [0.15, 0.2) is 5.82 Å². The number of piperazine rings is 1. The van der Waals surface area contributed by atoms with Crippen LogP contribution in [0, 0.1) is 20.8 Å². The summed E-state index contributed by atoms with van der Waals surface area (Å²) in [5.41, 5.74) is 3.52. The van der Waals surface area contributed by atoms with Crippen LogP contribution in [0.2, 0.25) is 0 Å². The van der Waals surface area contributed by atoms with Crippen molar-refractivity contribution in [2.24, 2.45) is 0 Å². The topological polar surface area (TPSA) is 80.3 Å². The van der Waals surface area contributed by atoms with E-state index in [1.165, 1.54) is 0 Å². The molecular weight excluding hydrogens is 356 g/mol. The van der Waals surface area contributed by atoms with E-state index in [4.69, 9.17) is 4.52 Å². The monoisotopic (exact) mass is 380 g/mol. The molecule has 1 saturated heterocycles. The lowest BCUT2D eigenvalue weighted by Crippen LogP contribution is -2.48. The van der Waals surface area contributed by atoms with Crippen LogP contribution in [-0.4, -0.2) is 61.8 Å². The molecule has 0 spiro atoms. The quantitative estimate of drug-likeness (QED) is 0.690. The zero-order chi connectivity index (χ0) is 19.7. The Hall–Kier alpha value is -3.00. The first-order chi connectivity index (χ1) is 13.5. The molecule has 8 heteroatoms. The third-order valence-electron chi connectivity index (χ3n) is 5.33. The van der Waals surface area contributed by atoms with Crippen LogP contribution in [0.4, 0.5) is 0 Å². The van der Waals surface area contributed by atoms with Gasteiger partial charge in [0.1, 0.15) is 5.76 Å². The van der Waals surface area contributed by atoms with Crippen LogP contribution in [0.1, 0.15) is 33.1 Å². The smallest absolute Gasteiger partial charge is 0.257 e. The summed E-state index contributed by atoms with van der Waals surface area (Å²) in [5, 5.41) is 8.39. The van der Waals surface area contributed by atoms with Gasteiger partial charge < -0.3 is 9.42 Å². The van der Waals surface area contributed by atoms with E-state index >= 15 is 0 Å². The zero-order valence-corrected chi connectivity index (χ0v) is 16.4. The Bertz CT molecular complexity index is 951. The summed E-state index contributed by atoms with van der Waals surface area (Å²) in [6.45, 7) is 9.65. The van der Waals surface area contributed by atoms with Gasteiger partial charge in [0.05, 0.1) is 23.1 Å². The molecular formula is C20H24N6O2. The van der Waals surface area contributed by atoms with Gasteiger partial charge in [0.25, 0.3) is 5.91 Å². The molecule has 146 valence electrons. The molecule has 0 saturated carbocycles. The van der Waals surface area contributed by atoms with E-state index in [2.05, 4.69) is 20.1 Å². The van der Waals surface area contributed by atoms with E-state index in [1.807, 2.05) is 43.9 Å². The molecule has 4 rings (SSSR count). The molecule has 28 heavy (non-hydrogen) atoms. The number of pyridine rings is 1. The highest BCUT2D eigenvalue weighted by Crippen LogP contribution is 2.18. The Morgan fingerprint density at radius 1 is 1.14 bits per heavy atom. The van der Waals surface area contributed by atoms with E-state index < -0.39 is 0 Å². The minimum absolute atomic E-state index is 0.0247. The van der Waals surface area contributed by atoms with Gasteiger partial charge >= 0.3 is 0 Å². The van der Waals surface area contributed by atoms with Crippen LogP contribution in [0.3, 0.4) is 0 Å². The van der Waals surface area contributed by atoms with Crippen LogP contribution in [-0.2, 0) is 6.54 Å². The van der Waals surface area contributed by atoms with Crippen molar-refractivity contribution in [1.82, 2.24) is 29.7 Å². The van der Waals surface area contributed by atoms with Crippen molar-refractivity contribution in [3.63, 3.8) is 0 Å². The van der Waals surface area contributed by atoms with Crippen LogP contribution in [0.15, 0.2) is 35.1 Å². The summed E-state index contributed by atoms with van der Waals surface area (Å²) in [5.74, 6) is 1.61. The molecule has 0 atom stereocenters. The molecule has 0 N–H and O–H groups in total. The number of rotatable bonds is 4. The normalized spacial score (nSPS) is 15.2. The Balaban J connectivity index is 1.41. The predicted octanol–water partition coefficient (Wildman–Crippen LogP) is 2.14. The molecule has 1 fully saturated rings. The van der Waals surface area contributed by atoms with Crippen molar-refractivity contribution < 1.29 is 9.32 Å². The summed E-state index contributed by atoms with van der Waals surface area (Å²) in [6, 6.07) is 5.64. The first-order valence-electron chi connectivity index (χ1n) is 9.44. The molecule has 8 nitrogen and oxygen atoms in total. The van der Waals surface area contributed by atoms with E-state index in [1.54, 1.807) is 17.1 Å². The lowest BCUT2D eigenvalue weighted by atomic mass is 10.1. The second-order valence-electron chi connectivity index (χ2n) is 7.11. The number of amides is 1. The van der Waals surface area contributed by atoms with E-state index in [9.17, 15) is 4.79 Å². The highest BCUT2D eigenvalue weighted by atomic mass is 16.5. The van der Waals surface area contributed by atoms with Gasteiger partial charge in [-0.2, -0.15) is 5.10 Å². The molecule has 0 bridgehead atoms. The van der Waals surface area contributed by atoms with Crippen LogP contribution in [0.25, 0.3) is 5.82 Å². The summed E-state index contributed by atoms with van der Waals surface area (Å²) < 4.78 is 6.96. The third-order valence-corrected chi connectivity index (χ3v) is 5.33. The highest BCUT2D eigenvalue weighted by Gasteiger charge is 2.26. The number of hydrogen-bond acceptors (Lipinski definition) is 6. The van der Waals surface area contributed by atoms with Crippen LogP contribution >= 0.6 is 0 Å². The SMILES string of the molecule is Cc1noc(C)c1CN1CCN(C(=O)c2cnn(-c3ccccn3)c2C)CC1. The molecule has 1 amide bonds. The summed E-state index contributed by atoms with van der Waals surface area (Å²) in [6.07, 6.45) is 3.36. The largest absolute Gasteiger partial charge is 0.361 e. The van der Waals surface area contributed by atoms with Crippen molar-refractivity contribution >= 4 is 5.91 Å². The van der Waals surface area contributed by atoms with Crippen LogP contribution in [0.5, 0.6) is 0 Å². The number of carbonyl (C=O) groups is 1. The molecule has 3 aromatic heterocycles. The van der Waals surface area contributed by atoms with Crippen molar-refractivity contribution in [2.75, 3.05) is 26.2 Å². The van der Waals surface area contributed by atoms with Gasteiger partial charge in [0, 0.05) is 44.5 Å². The molecule has 0 unspecified atom stereocenters. The maximum Gasteiger partial charge on any atom is 0.257 e. The van der Waals surface area contributed by atoms with Gasteiger partial charge in [-0.15, -0.1) is 0 Å². The average Bonchev–Trinajstić information content (AvgIpc) is 3.26. The Kier molecular flexibility index (Phi) is 4.95. The number of aryl methyl sites for hydroxylation is 2. The van der Waals surface area contributed by atoms with Crippen molar-refractivity contribution in [1.29, 1.82) is 0 Å². The Labute approximate surface area is 163 Å². The van der Waals surface area contributed by atoms with E-state index in [0.717, 1.165) is 42.3 Å². The number of aromatic nitrogens is 4. The number of carbonyl (C=O) groups excluding carboxylic acids is 1. The fraction of sp³-hybridized carbons (Fsp3) is 0.400. The van der Waals surface area contributed by atoms with E-state index in [-0.39, 0.29) is 5.91 Å². The van der Waals surface area contributed by atoms with Gasteiger partial charge in [-0.25, -0.2) is 9.67 Å². The highest BCUT2D eigenvalue weighted by molar-refractivity contribution is 5.95. The fourth-order valence-corrected chi connectivity index (χ4v) is 3.56. The first-order valence-corrected chi connectivity index (χ1v) is 9.44. The van der Waals surface area contributed by atoms with Gasteiger partial charge in [0.2, 0.25) is 0 Å². The van der Waals surface area contributed by atoms with Crippen molar-refractivity contribution in [3.05, 3.63) is 58.9 Å². The zero-order valence-electron chi connectivity index (χ0n) is 16.4. The molecule has 0 aliphatic carbocycles. The lowest BCUT2D eigenvalue weighted by Gasteiger charge is -2.34. The predicted molar refractivity (Wildman–Crippen MR) is 103 cm³/mol. The maximum atomic E-state index is 13.0. The second kappa shape index (κ2) is 7.55. The lowest BCUT2D eigenvalue weighted by molar-refractivity contribution is 0.0627. The fourth-order valence-electron chi connectivity index (χ4n) is 3.56. The molecule has 4 heterocycles. The Morgan fingerprint density at radius 2 is 1.93 bits per heavy atom. The summed E-state index contributed by atoms with van der Waals surface area (Å²) in [4.78, 5) is 21.5. The molecule has 1 aliphatic heterocycles. The minimum Gasteiger partial charge on any atom is -0.361 e. The molecule has 3 aromatic rings. The Morgan fingerprint density at radius 3 is 2.57 bits per heavy atom. The van der Waals surface area contributed by atoms with E-state index in [0.29, 0.717) is 24.5 Å². The maximum absolute atomic E-state index is 13.0. The standard InChI is InChI=1S/C20H24N6O2/c1-14-18(16(3)28-23-14)13-24-8-10-25(11-9-24)20(27)17-12-22-26(15(17)2)19-6-4-5-7-21-19/h4-7,12H,8-11,13H2,1-3H3. The van der Waals surface area contributed by atoms with Gasteiger partial charge in [-0.05, 0) is 32.9 Å². The average molecular weight is 380 g/mol. The molecule has 0 radical (unpaired) electrons. The molecule has 1 aliphatic rings. The first kappa shape index (κ1) is 18.4. The van der Waals surface area contributed by atoms with Crippen LogP contribution < -0.4 is 0 Å². The summed E-state index contributed by atoms with van der Waals surface area (Å²) in [7, 11) is 0. The number of hydrogen-bond donors (Lipinski definition) is 0. The molecule has 0 aromatic carbocycles.